The fourth-order valence-corrected chi connectivity index (χ4v) is 3.78. The highest BCUT2D eigenvalue weighted by Crippen LogP contribution is 2.25. The van der Waals surface area contributed by atoms with E-state index in [0.29, 0.717) is 19.0 Å². The first-order valence-electron chi connectivity index (χ1n) is 10.8. The van der Waals surface area contributed by atoms with E-state index in [0.717, 1.165) is 36.7 Å². The van der Waals surface area contributed by atoms with Crippen LogP contribution < -0.4 is 15.4 Å². The van der Waals surface area contributed by atoms with E-state index < -0.39 is 6.10 Å². The van der Waals surface area contributed by atoms with Gasteiger partial charge >= 0.3 is 0 Å². The first kappa shape index (κ1) is 22.2. The summed E-state index contributed by atoms with van der Waals surface area (Å²) in [6, 6.07) is 11.6. The van der Waals surface area contributed by atoms with Gasteiger partial charge in [0.05, 0.1) is 32.1 Å². The molecule has 1 aliphatic heterocycles. The second kappa shape index (κ2) is 11.6. The minimum Gasteiger partial charge on any atom is -0.497 e. The van der Waals surface area contributed by atoms with E-state index in [1.807, 2.05) is 43.3 Å². The molecular weight excluding hydrogens is 380 g/mol. The summed E-state index contributed by atoms with van der Waals surface area (Å²) in [5.41, 5.74) is 0.805. The number of hydrogen-bond acceptors (Lipinski definition) is 5. The van der Waals surface area contributed by atoms with Gasteiger partial charge in [0.2, 0.25) is 0 Å². The van der Waals surface area contributed by atoms with Crippen molar-refractivity contribution in [3.05, 3.63) is 54.0 Å². The Morgan fingerprint density at radius 1 is 1.20 bits per heavy atom. The molecule has 3 N–H and O–H groups in total. The topological polar surface area (TPSA) is 82.3 Å². The number of aliphatic hydroxyl groups is 1. The predicted molar refractivity (Wildman–Crippen MR) is 119 cm³/mol. The third-order valence-corrected chi connectivity index (χ3v) is 5.41. The van der Waals surface area contributed by atoms with E-state index in [1.54, 1.807) is 13.4 Å². The molecule has 164 valence electrons. The molecule has 1 aromatic carbocycles. The molecule has 7 heteroatoms. The molecule has 2 heterocycles. The SMILES string of the molecule is CCNC(=NCC(c1ccco1)N1CCCCC1)NCC(O)c1cccc(OC)c1. The van der Waals surface area contributed by atoms with E-state index in [1.165, 1.54) is 19.3 Å². The Kier molecular flexibility index (Phi) is 8.59. The van der Waals surface area contributed by atoms with Gasteiger partial charge in [-0.25, -0.2) is 0 Å². The number of likely N-dealkylation sites (tertiary alicyclic amines) is 1. The van der Waals surface area contributed by atoms with Gasteiger partial charge in [-0.1, -0.05) is 18.6 Å². The summed E-state index contributed by atoms with van der Waals surface area (Å²) < 4.78 is 11.0. The van der Waals surface area contributed by atoms with Crippen molar-refractivity contribution in [3.8, 4) is 5.75 Å². The van der Waals surface area contributed by atoms with Crippen molar-refractivity contribution in [2.45, 2.75) is 38.3 Å². The highest BCUT2D eigenvalue weighted by molar-refractivity contribution is 5.79. The van der Waals surface area contributed by atoms with Crippen LogP contribution in [-0.4, -0.2) is 55.8 Å². The van der Waals surface area contributed by atoms with Crippen molar-refractivity contribution in [1.29, 1.82) is 0 Å². The van der Waals surface area contributed by atoms with Gasteiger partial charge in [0.25, 0.3) is 0 Å². The highest BCUT2D eigenvalue weighted by atomic mass is 16.5. The number of aliphatic imine (C=N–C) groups is 1. The molecule has 1 aromatic heterocycles. The molecule has 30 heavy (non-hydrogen) atoms. The first-order chi connectivity index (χ1) is 14.7. The lowest BCUT2D eigenvalue weighted by Gasteiger charge is -2.32. The highest BCUT2D eigenvalue weighted by Gasteiger charge is 2.24. The maximum Gasteiger partial charge on any atom is 0.191 e. The van der Waals surface area contributed by atoms with Crippen LogP contribution in [0.5, 0.6) is 5.75 Å². The van der Waals surface area contributed by atoms with Gasteiger partial charge in [-0.05, 0) is 62.7 Å². The molecule has 0 saturated carbocycles. The number of methoxy groups -OCH3 is 1. The monoisotopic (exact) mass is 414 g/mol. The quantitative estimate of drug-likeness (QED) is 0.432. The number of aliphatic hydroxyl groups excluding tert-OH is 1. The number of ether oxygens (including phenoxy) is 1. The third-order valence-electron chi connectivity index (χ3n) is 5.41. The fourth-order valence-electron chi connectivity index (χ4n) is 3.78. The van der Waals surface area contributed by atoms with Crippen LogP contribution in [0.2, 0.25) is 0 Å². The smallest absolute Gasteiger partial charge is 0.191 e. The number of guanidine groups is 1. The molecule has 0 amide bonds. The summed E-state index contributed by atoms with van der Waals surface area (Å²) in [7, 11) is 1.62. The Morgan fingerprint density at radius 2 is 2.03 bits per heavy atom. The van der Waals surface area contributed by atoms with E-state index >= 15 is 0 Å². The van der Waals surface area contributed by atoms with Crippen molar-refractivity contribution < 1.29 is 14.3 Å². The van der Waals surface area contributed by atoms with Crippen molar-refractivity contribution >= 4 is 5.96 Å². The van der Waals surface area contributed by atoms with Crippen LogP contribution in [0.1, 0.15) is 49.7 Å². The number of rotatable bonds is 9. The zero-order valence-corrected chi connectivity index (χ0v) is 18.0. The zero-order chi connectivity index (χ0) is 21.2. The Balaban J connectivity index is 1.64. The molecule has 2 aromatic rings. The third kappa shape index (κ3) is 6.24. The number of nitrogens with one attached hydrogen (secondary N) is 2. The Bertz CT molecular complexity index is 773. The van der Waals surface area contributed by atoms with E-state index in [4.69, 9.17) is 14.1 Å². The van der Waals surface area contributed by atoms with Crippen LogP contribution in [0.25, 0.3) is 0 Å². The average molecular weight is 415 g/mol. The predicted octanol–water partition coefficient (Wildman–Crippen LogP) is 3.10. The molecule has 0 radical (unpaired) electrons. The first-order valence-corrected chi connectivity index (χ1v) is 10.8. The number of nitrogens with zero attached hydrogens (tertiary/aromatic N) is 2. The lowest BCUT2D eigenvalue weighted by molar-refractivity contribution is 0.150. The summed E-state index contributed by atoms with van der Waals surface area (Å²) >= 11 is 0. The summed E-state index contributed by atoms with van der Waals surface area (Å²) in [5, 5.41) is 17.1. The van der Waals surface area contributed by atoms with Crippen LogP contribution in [0.3, 0.4) is 0 Å². The van der Waals surface area contributed by atoms with Gasteiger partial charge in [-0.2, -0.15) is 0 Å². The zero-order valence-electron chi connectivity index (χ0n) is 18.0. The summed E-state index contributed by atoms with van der Waals surface area (Å²) in [6.07, 6.45) is 4.78. The van der Waals surface area contributed by atoms with Crippen LogP contribution in [0.4, 0.5) is 0 Å². The minimum atomic E-state index is -0.660. The molecule has 1 saturated heterocycles. The van der Waals surface area contributed by atoms with Crippen molar-refractivity contribution in [1.82, 2.24) is 15.5 Å². The summed E-state index contributed by atoms with van der Waals surface area (Å²) in [6.45, 7) is 5.87. The second-order valence-electron chi connectivity index (χ2n) is 7.52. The molecule has 1 aliphatic rings. The molecule has 3 rings (SSSR count). The molecule has 0 spiro atoms. The van der Waals surface area contributed by atoms with Crippen LogP contribution in [-0.2, 0) is 0 Å². The van der Waals surface area contributed by atoms with Gasteiger partial charge in [-0.3, -0.25) is 9.89 Å². The van der Waals surface area contributed by atoms with Gasteiger partial charge < -0.3 is 24.9 Å². The molecule has 2 unspecified atom stereocenters. The Morgan fingerprint density at radius 3 is 2.73 bits per heavy atom. The van der Waals surface area contributed by atoms with Crippen molar-refractivity contribution in [2.75, 3.05) is 39.8 Å². The standard InChI is InChI=1S/C23H34N4O3/c1-3-24-23(26-17-21(28)18-9-7-10-19(15-18)29-2)25-16-20(22-11-8-14-30-22)27-12-5-4-6-13-27/h7-11,14-15,20-21,28H,3-6,12-13,16-17H2,1-2H3,(H2,24,25,26). The van der Waals surface area contributed by atoms with Crippen molar-refractivity contribution in [3.63, 3.8) is 0 Å². The maximum absolute atomic E-state index is 10.6. The summed E-state index contributed by atoms with van der Waals surface area (Å²) in [5.74, 6) is 2.37. The van der Waals surface area contributed by atoms with Gasteiger partial charge in [0, 0.05) is 13.1 Å². The summed E-state index contributed by atoms with van der Waals surface area (Å²) in [4.78, 5) is 7.26. The van der Waals surface area contributed by atoms with Gasteiger partial charge in [0.15, 0.2) is 5.96 Å². The molecule has 0 bridgehead atoms. The van der Waals surface area contributed by atoms with E-state index in [-0.39, 0.29) is 6.04 Å². The Labute approximate surface area is 179 Å². The minimum absolute atomic E-state index is 0.124. The molecule has 0 aliphatic carbocycles. The largest absolute Gasteiger partial charge is 0.497 e. The average Bonchev–Trinajstić information content (AvgIpc) is 3.32. The number of benzene rings is 1. The van der Waals surface area contributed by atoms with Gasteiger partial charge in [-0.15, -0.1) is 0 Å². The Hall–Kier alpha value is -2.51. The number of hydrogen-bond donors (Lipinski definition) is 3. The normalized spacial score (nSPS) is 17.4. The lowest BCUT2D eigenvalue weighted by Crippen LogP contribution is -2.41. The van der Waals surface area contributed by atoms with Crippen molar-refractivity contribution in [2.24, 2.45) is 4.99 Å². The molecule has 2 atom stereocenters. The van der Waals surface area contributed by atoms with E-state index in [2.05, 4.69) is 15.5 Å². The maximum atomic E-state index is 10.6. The van der Waals surface area contributed by atoms with Crippen LogP contribution in [0.15, 0.2) is 52.1 Å². The van der Waals surface area contributed by atoms with Crippen LogP contribution >= 0.6 is 0 Å². The molecule has 7 nitrogen and oxygen atoms in total. The lowest BCUT2D eigenvalue weighted by atomic mass is 10.1. The second-order valence-corrected chi connectivity index (χ2v) is 7.52. The van der Waals surface area contributed by atoms with Crippen LogP contribution in [0, 0.1) is 0 Å². The molecular formula is C23H34N4O3. The molecule has 1 fully saturated rings. The van der Waals surface area contributed by atoms with E-state index in [9.17, 15) is 5.11 Å². The number of furan rings is 1. The number of piperidine rings is 1. The fraction of sp³-hybridized carbons (Fsp3) is 0.522. The van der Waals surface area contributed by atoms with Gasteiger partial charge in [0.1, 0.15) is 11.5 Å².